The molecule has 4 aromatic carbocycles. The highest BCUT2D eigenvalue weighted by Crippen LogP contribution is 2.47. The Bertz CT molecular complexity index is 4160. The molecule has 8 aromatic rings. The molecule has 88 heavy (non-hydrogen) atoms. The molecule has 2 amide bonds. The molecule has 454 valence electrons. The SMILES string of the molecule is C=CC(=O)N1CC(CN(C)c2nc(OC[C@]34CCC(C(=C)C(=O)N5CC[C@@H](N(C)c6nc(OC[C@]78CCCN7C[C@@H](F)C8)nc7c(F)c(-c8cccc9cccc(C)c89)ncc67)C5)N3C[C@@H](F)C4)nc3c(F)c(-c4cccc5cccc(C)c45)ncc23)C1. The van der Waals surface area contributed by atoms with Gasteiger partial charge in [-0.05, 0) is 91.2 Å². The molecule has 0 aliphatic carbocycles. The third kappa shape index (κ3) is 9.81. The average Bonchev–Trinajstić information content (AvgIpc) is 1.21. The molecule has 0 spiro atoms. The molecule has 1 unspecified atom stereocenters. The topological polar surface area (TPSA) is 149 Å². The Kier molecular flexibility index (Phi) is 14.6. The van der Waals surface area contributed by atoms with Crippen LogP contribution >= 0.6 is 0 Å². The van der Waals surface area contributed by atoms with Crippen LogP contribution in [-0.2, 0) is 9.59 Å². The zero-order valence-electron chi connectivity index (χ0n) is 50.0. The van der Waals surface area contributed by atoms with E-state index in [9.17, 15) is 14.0 Å². The van der Waals surface area contributed by atoms with Gasteiger partial charge < -0.3 is 29.1 Å². The number of aryl methyl sites for hydroxylation is 2. The number of ether oxygens (including phenoxy) is 2. The van der Waals surface area contributed by atoms with Crippen LogP contribution in [-0.4, -0.2) is 176 Å². The summed E-state index contributed by atoms with van der Waals surface area (Å²) in [6.45, 7) is 15.5. The molecule has 0 N–H and O–H groups in total. The summed E-state index contributed by atoms with van der Waals surface area (Å²) in [6.07, 6.45) is 6.05. The van der Waals surface area contributed by atoms with Crippen molar-refractivity contribution in [2.24, 2.45) is 5.92 Å². The van der Waals surface area contributed by atoms with Crippen molar-refractivity contribution in [2.75, 3.05) is 89.5 Å². The van der Waals surface area contributed by atoms with Gasteiger partial charge in [-0.15, -0.1) is 0 Å². The molecule has 20 heteroatoms. The van der Waals surface area contributed by atoms with Crippen molar-refractivity contribution in [1.82, 2.24) is 49.5 Å². The third-order valence-electron chi connectivity index (χ3n) is 19.9. The largest absolute Gasteiger partial charge is 0.461 e. The molecule has 0 bridgehead atoms. The lowest BCUT2D eigenvalue weighted by Gasteiger charge is -2.40. The normalized spacial score (nSPS) is 23.7. The number of halogens is 4. The second kappa shape index (κ2) is 22.3. The highest BCUT2D eigenvalue weighted by Gasteiger charge is 2.55. The van der Waals surface area contributed by atoms with Crippen LogP contribution in [0.15, 0.2) is 110 Å². The average molecular weight is 1200 g/mol. The highest BCUT2D eigenvalue weighted by molar-refractivity contribution is 6.02. The number of aromatic nitrogens is 6. The molecule has 14 rings (SSSR count). The summed E-state index contributed by atoms with van der Waals surface area (Å²) < 4.78 is 78.7. The molecule has 10 heterocycles. The van der Waals surface area contributed by atoms with E-state index in [1.807, 2.05) is 115 Å². The number of likely N-dealkylation sites (tertiary alicyclic amines) is 2. The predicted octanol–water partition coefficient (Wildman–Crippen LogP) is 10.6. The van der Waals surface area contributed by atoms with Gasteiger partial charge >= 0.3 is 12.0 Å². The fourth-order valence-corrected chi connectivity index (χ4v) is 15.5. The quantitative estimate of drug-likeness (QED) is 0.0667. The van der Waals surface area contributed by atoms with E-state index in [0.29, 0.717) is 97.5 Å². The molecule has 6 aliphatic rings. The summed E-state index contributed by atoms with van der Waals surface area (Å²) in [5.74, 6) is -0.764. The minimum absolute atomic E-state index is 0.0185. The highest BCUT2D eigenvalue weighted by atomic mass is 19.1. The lowest BCUT2D eigenvalue weighted by molar-refractivity contribution is -0.131. The number of carbonyl (C=O) groups is 2. The smallest absolute Gasteiger partial charge is 0.319 e. The van der Waals surface area contributed by atoms with Crippen molar-refractivity contribution in [2.45, 2.75) is 94.3 Å². The summed E-state index contributed by atoms with van der Waals surface area (Å²) in [5.41, 5.74) is 2.51. The summed E-state index contributed by atoms with van der Waals surface area (Å²) in [5, 5.41) is 4.41. The Balaban J connectivity index is 0.716. The lowest BCUT2D eigenvalue weighted by atomic mass is 9.94. The fraction of sp³-hybridized carbons (Fsp3) is 0.412. The third-order valence-corrected chi connectivity index (χ3v) is 19.9. The number of anilines is 2. The monoisotopic (exact) mass is 1190 g/mol. The number of amides is 2. The number of pyridine rings is 2. The summed E-state index contributed by atoms with van der Waals surface area (Å²) in [7, 11) is 3.72. The van der Waals surface area contributed by atoms with E-state index in [0.717, 1.165) is 52.1 Å². The maximum atomic E-state index is 17.4. The molecular formula is C68H70F4N12O4. The molecule has 16 nitrogen and oxygen atoms in total. The Morgan fingerprint density at radius 2 is 1.26 bits per heavy atom. The Morgan fingerprint density at radius 3 is 1.89 bits per heavy atom. The zero-order valence-corrected chi connectivity index (χ0v) is 50.0. The van der Waals surface area contributed by atoms with Gasteiger partial charge in [-0.3, -0.25) is 29.4 Å². The van der Waals surface area contributed by atoms with Gasteiger partial charge in [0.1, 0.15) is 59.6 Å². The first kappa shape index (κ1) is 57.4. The van der Waals surface area contributed by atoms with Crippen LogP contribution < -0.4 is 19.3 Å². The first-order chi connectivity index (χ1) is 42.5. The number of nitrogens with zero attached hydrogens (tertiary/aromatic N) is 12. The molecule has 6 fully saturated rings. The Morgan fingerprint density at radius 1 is 0.693 bits per heavy atom. The fourth-order valence-electron chi connectivity index (χ4n) is 15.5. The van der Waals surface area contributed by atoms with Crippen molar-refractivity contribution in [3.05, 3.63) is 133 Å². The summed E-state index contributed by atoms with van der Waals surface area (Å²) in [6, 6.07) is 22.4. The van der Waals surface area contributed by atoms with Gasteiger partial charge in [0, 0.05) is 120 Å². The Labute approximate surface area is 507 Å². The number of hydrogen-bond acceptors (Lipinski definition) is 14. The second-order valence-electron chi connectivity index (χ2n) is 25.4. The van der Waals surface area contributed by atoms with E-state index < -0.39 is 41.1 Å². The molecule has 4 aromatic heterocycles. The summed E-state index contributed by atoms with van der Waals surface area (Å²) in [4.78, 5) is 67.4. The van der Waals surface area contributed by atoms with Gasteiger partial charge in [0.05, 0.1) is 21.9 Å². The maximum absolute atomic E-state index is 17.4. The van der Waals surface area contributed by atoms with Crippen LogP contribution in [0.5, 0.6) is 12.0 Å². The van der Waals surface area contributed by atoms with E-state index >= 15 is 13.2 Å². The Hall–Kier alpha value is -8.36. The number of carbonyl (C=O) groups excluding carboxylic acids is 2. The van der Waals surface area contributed by atoms with E-state index in [-0.39, 0.29) is 90.9 Å². The first-order valence-corrected chi connectivity index (χ1v) is 30.6. The van der Waals surface area contributed by atoms with Crippen molar-refractivity contribution in [3.63, 3.8) is 0 Å². The number of likely N-dealkylation sites (N-methyl/N-ethyl adjacent to an activating group) is 1. The van der Waals surface area contributed by atoms with Crippen molar-refractivity contribution in [1.29, 1.82) is 0 Å². The van der Waals surface area contributed by atoms with Crippen LogP contribution in [0.4, 0.5) is 29.2 Å². The minimum Gasteiger partial charge on any atom is -0.461 e. The van der Waals surface area contributed by atoms with E-state index in [1.165, 1.54) is 6.08 Å². The zero-order chi connectivity index (χ0) is 60.9. The number of rotatable bonds is 16. The van der Waals surface area contributed by atoms with Crippen LogP contribution in [0, 0.1) is 31.4 Å². The number of hydrogen-bond donors (Lipinski definition) is 0. The number of benzene rings is 4. The second-order valence-corrected chi connectivity index (χ2v) is 25.4. The van der Waals surface area contributed by atoms with E-state index in [2.05, 4.69) is 18.1 Å². The van der Waals surface area contributed by atoms with Crippen LogP contribution in [0.3, 0.4) is 0 Å². The van der Waals surface area contributed by atoms with Gasteiger partial charge in [-0.25, -0.2) is 17.6 Å². The predicted molar refractivity (Wildman–Crippen MR) is 332 cm³/mol. The van der Waals surface area contributed by atoms with Gasteiger partial charge in [0.25, 0.3) is 5.91 Å². The molecule has 0 saturated carbocycles. The number of fused-ring (bicyclic) bond motifs is 6. The number of alkyl halides is 2. The van der Waals surface area contributed by atoms with Crippen LogP contribution in [0.25, 0.3) is 65.9 Å². The standard InChI is InChI=1S/C68H70F4N12O4/c1-7-53(85)82-32-42(33-82)31-79(5)62-50-29-73-58(48-19-10-17-43-15-8-13-39(2)54(43)48)56(71)60(50)75-65(77-62)88-38-68-24-21-52(84(68)35-46(70)28-68)41(4)64(86)81-26-22-47(36-81)80(6)63-51-30-74-59(49-20-11-18-44-16-9-14-40(3)55(44)49)57(72)61(51)76-66(78-63)87-37-67-23-12-25-83(67)34-45(69)27-67/h7-11,13-20,29-30,42,45-47,52H,1,4,12,21-28,31-38H2,2-3,5-6H3/t45-,46-,47+,52?,67+,68+/m0/s1. The summed E-state index contributed by atoms with van der Waals surface area (Å²) >= 11 is 0. The van der Waals surface area contributed by atoms with Gasteiger partial charge in [0.15, 0.2) is 11.6 Å². The first-order valence-electron chi connectivity index (χ1n) is 30.6. The lowest BCUT2D eigenvalue weighted by Crippen LogP contribution is -2.53. The van der Waals surface area contributed by atoms with Crippen molar-refractivity contribution in [3.8, 4) is 34.5 Å². The molecule has 6 atom stereocenters. The van der Waals surface area contributed by atoms with Crippen LogP contribution in [0.1, 0.15) is 56.1 Å². The van der Waals surface area contributed by atoms with Gasteiger partial charge in [0.2, 0.25) is 5.91 Å². The van der Waals surface area contributed by atoms with E-state index in [4.69, 9.17) is 39.4 Å². The molecular weight excluding hydrogens is 1120 g/mol. The van der Waals surface area contributed by atoms with Gasteiger partial charge in [-0.1, -0.05) is 86.0 Å². The van der Waals surface area contributed by atoms with Gasteiger partial charge in [-0.2, -0.15) is 19.9 Å². The maximum Gasteiger partial charge on any atom is 0.319 e. The van der Waals surface area contributed by atoms with E-state index in [1.54, 1.807) is 22.2 Å². The molecule has 6 aliphatic heterocycles. The van der Waals surface area contributed by atoms with Crippen LogP contribution in [0.2, 0.25) is 0 Å². The molecule has 0 radical (unpaired) electrons. The molecule has 6 saturated heterocycles. The minimum atomic E-state index is -1.22. The van der Waals surface area contributed by atoms with Crippen molar-refractivity contribution >= 4 is 66.8 Å². The van der Waals surface area contributed by atoms with Crippen molar-refractivity contribution < 1.29 is 36.6 Å².